The molecule has 1 atom stereocenters. The molecule has 0 aliphatic carbocycles. The van der Waals surface area contributed by atoms with Crippen molar-refractivity contribution in [1.82, 2.24) is 14.6 Å². The third kappa shape index (κ3) is 6.78. The highest BCUT2D eigenvalue weighted by Crippen LogP contribution is 2.28. The lowest BCUT2D eigenvalue weighted by Crippen LogP contribution is -2.47. The van der Waals surface area contributed by atoms with Crippen LogP contribution in [0.3, 0.4) is 0 Å². The Morgan fingerprint density at radius 1 is 0.974 bits per heavy atom. The van der Waals surface area contributed by atoms with E-state index in [4.69, 9.17) is 4.74 Å². The van der Waals surface area contributed by atoms with Gasteiger partial charge in [0.2, 0.25) is 10.0 Å². The molecule has 0 bridgehead atoms. The van der Waals surface area contributed by atoms with Crippen molar-refractivity contribution in [3.8, 4) is 16.9 Å². The molecular weight excluding hydrogens is 512 g/mol. The molecule has 1 saturated heterocycles. The molecule has 1 aromatic heterocycles. The number of hydrogen-bond acceptors (Lipinski definition) is 7. The van der Waals surface area contributed by atoms with E-state index in [1.165, 1.54) is 5.56 Å². The van der Waals surface area contributed by atoms with Crippen LogP contribution in [0.4, 0.5) is 5.69 Å². The van der Waals surface area contributed by atoms with Crippen molar-refractivity contribution in [2.24, 2.45) is 0 Å². The number of rotatable bonds is 8. The molecular formula is C30H38N4O4S. The fourth-order valence-electron chi connectivity index (χ4n) is 4.51. The Morgan fingerprint density at radius 2 is 1.62 bits per heavy atom. The fourth-order valence-corrected chi connectivity index (χ4v) is 5.18. The van der Waals surface area contributed by atoms with Crippen LogP contribution in [0.5, 0.6) is 5.75 Å². The van der Waals surface area contributed by atoms with Gasteiger partial charge in [0.25, 0.3) is 5.91 Å². The average molecular weight is 551 g/mol. The van der Waals surface area contributed by atoms with E-state index in [2.05, 4.69) is 50.7 Å². The summed E-state index contributed by atoms with van der Waals surface area (Å²) >= 11 is 0. The zero-order valence-corrected chi connectivity index (χ0v) is 24.2. The molecule has 3 aromatic rings. The van der Waals surface area contributed by atoms with Gasteiger partial charge in [-0.1, -0.05) is 24.3 Å². The van der Waals surface area contributed by atoms with Gasteiger partial charge in [0, 0.05) is 55.2 Å². The van der Waals surface area contributed by atoms with Crippen molar-refractivity contribution in [1.29, 1.82) is 0 Å². The number of hydrogen-bond donors (Lipinski definition) is 1. The third-order valence-electron chi connectivity index (χ3n) is 7.14. The van der Waals surface area contributed by atoms with Gasteiger partial charge in [0.1, 0.15) is 5.75 Å². The summed E-state index contributed by atoms with van der Waals surface area (Å²) in [5.74, 6) is 0.163. The van der Waals surface area contributed by atoms with Gasteiger partial charge in [-0.2, -0.15) is 0 Å². The van der Waals surface area contributed by atoms with E-state index in [1.54, 1.807) is 39.1 Å². The summed E-state index contributed by atoms with van der Waals surface area (Å²) in [6.07, 6.45) is 3.59. The van der Waals surface area contributed by atoms with Gasteiger partial charge in [-0.3, -0.25) is 14.7 Å². The second kappa shape index (κ2) is 11.8. The van der Waals surface area contributed by atoms with E-state index >= 15 is 0 Å². The van der Waals surface area contributed by atoms with E-state index in [9.17, 15) is 13.2 Å². The highest BCUT2D eigenvalue weighted by molar-refractivity contribution is 7.91. The van der Waals surface area contributed by atoms with Crippen LogP contribution in [0.15, 0.2) is 67.0 Å². The number of sulfonamides is 1. The second-order valence-corrected chi connectivity index (χ2v) is 13.2. The molecule has 39 heavy (non-hydrogen) atoms. The third-order valence-corrected chi connectivity index (χ3v) is 9.21. The summed E-state index contributed by atoms with van der Waals surface area (Å²) in [6.45, 7) is 13.0. The largest absolute Gasteiger partial charge is 0.492 e. The molecule has 0 spiro atoms. The molecule has 9 heteroatoms. The maximum Gasteiger partial charge on any atom is 0.264 e. The van der Waals surface area contributed by atoms with Crippen LogP contribution in [-0.4, -0.2) is 61.7 Å². The molecule has 2 aromatic carbocycles. The van der Waals surface area contributed by atoms with E-state index in [0.717, 1.165) is 48.7 Å². The first kappa shape index (κ1) is 28.6. The minimum Gasteiger partial charge on any atom is -0.492 e. The lowest BCUT2D eigenvalue weighted by atomic mass is 10.0. The predicted molar refractivity (Wildman–Crippen MR) is 156 cm³/mol. The maximum absolute atomic E-state index is 12.5. The highest BCUT2D eigenvalue weighted by Gasteiger charge is 2.31. The van der Waals surface area contributed by atoms with Gasteiger partial charge < -0.3 is 9.64 Å². The van der Waals surface area contributed by atoms with Gasteiger partial charge >= 0.3 is 0 Å². The number of benzene rings is 2. The molecule has 1 aliphatic heterocycles. The van der Waals surface area contributed by atoms with Crippen molar-refractivity contribution in [2.75, 3.05) is 37.7 Å². The number of aromatic nitrogens is 1. The Bertz CT molecular complexity index is 1380. The Kier molecular flexibility index (Phi) is 8.61. The number of nitrogens with one attached hydrogen (secondary N) is 1. The molecule has 2 heterocycles. The summed E-state index contributed by atoms with van der Waals surface area (Å²) in [6, 6.07) is 18.1. The number of carbonyl (C=O) groups excluding carboxylic acids is 1. The summed E-state index contributed by atoms with van der Waals surface area (Å²) in [5, 5.41) is 0. The molecule has 1 fully saturated rings. The molecule has 0 saturated carbocycles. The van der Waals surface area contributed by atoms with Crippen LogP contribution in [0.25, 0.3) is 11.1 Å². The molecule has 1 N–H and O–H groups in total. The van der Waals surface area contributed by atoms with Crippen molar-refractivity contribution >= 4 is 21.6 Å². The van der Waals surface area contributed by atoms with Crippen LogP contribution >= 0.6 is 0 Å². The normalized spacial score (nSPS) is 15.6. The first-order valence-corrected chi connectivity index (χ1v) is 14.8. The number of pyridine rings is 1. The highest BCUT2D eigenvalue weighted by atomic mass is 32.2. The number of amides is 1. The first-order valence-electron chi connectivity index (χ1n) is 13.3. The van der Waals surface area contributed by atoms with Gasteiger partial charge in [-0.25, -0.2) is 13.1 Å². The summed E-state index contributed by atoms with van der Waals surface area (Å²) in [7, 11) is -3.76. The molecule has 0 radical (unpaired) electrons. The van der Waals surface area contributed by atoms with Crippen LogP contribution in [0.1, 0.15) is 56.6 Å². The standard InChI is InChI=1S/C30H38N4O4S/c1-6-38-28-19-26(20-31-21-28)24-9-7-23(8-10-24)22(2)33-15-17-34(18-16-33)27-13-11-25(12-14-27)29(35)32-39(36,37)30(3,4)5/h7-14,19-22H,6,15-18H2,1-5H3,(H,32,35). The Hall–Kier alpha value is -3.43. The van der Waals surface area contributed by atoms with Crippen molar-refractivity contribution < 1.29 is 17.9 Å². The maximum atomic E-state index is 12.5. The van der Waals surface area contributed by atoms with Crippen LogP contribution < -0.4 is 14.4 Å². The van der Waals surface area contributed by atoms with Gasteiger partial charge in [-0.05, 0) is 76.1 Å². The van der Waals surface area contributed by atoms with Crippen molar-refractivity contribution in [3.63, 3.8) is 0 Å². The number of carbonyl (C=O) groups is 1. The van der Waals surface area contributed by atoms with E-state index in [1.807, 2.05) is 31.3 Å². The number of nitrogens with zero attached hydrogens (tertiary/aromatic N) is 3. The SMILES string of the molecule is CCOc1cncc(-c2ccc(C(C)N3CCN(c4ccc(C(=O)NS(=O)(=O)C(C)(C)C)cc4)CC3)cc2)c1. The minimum absolute atomic E-state index is 0.282. The molecule has 1 amide bonds. The zero-order chi connectivity index (χ0) is 28.2. The molecule has 1 aliphatic rings. The topological polar surface area (TPSA) is 91.8 Å². The quantitative estimate of drug-likeness (QED) is 0.427. The van der Waals surface area contributed by atoms with Crippen molar-refractivity contribution in [3.05, 3.63) is 78.1 Å². The first-order chi connectivity index (χ1) is 18.5. The summed E-state index contributed by atoms with van der Waals surface area (Å²) < 4.78 is 31.3. The second-order valence-electron chi connectivity index (χ2n) is 10.8. The van der Waals surface area contributed by atoms with Crippen molar-refractivity contribution in [2.45, 2.75) is 45.4 Å². The lowest BCUT2D eigenvalue weighted by molar-refractivity contribution is 0.0980. The zero-order valence-electron chi connectivity index (χ0n) is 23.3. The average Bonchev–Trinajstić information content (AvgIpc) is 2.92. The number of piperazine rings is 1. The van der Waals surface area contributed by atoms with E-state index in [0.29, 0.717) is 12.2 Å². The Labute approximate surface area is 232 Å². The monoisotopic (exact) mass is 550 g/mol. The van der Waals surface area contributed by atoms with Gasteiger partial charge in [-0.15, -0.1) is 0 Å². The summed E-state index contributed by atoms with van der Waals surface area (Å²) in [5.41, 5.74) is 4.75. The minimum atomic E-state index is -3.76. The lowest BCUT2D eigenvalue weighted by Gasteiger charge is -2.39. The van der Waals surface area contributed by atoms with Crippen LogP contribution in [0, 0.1) is 0 Å². The van der Waals surface area contributed by atoms with Crippen LogP contribution in [-0.2, 0) is 10.0 Å². The Morgan fingerprint density at radius 3 is 2.21 bits per heavy atom. The molecule has 4 rings (SSSR count). The Balaban J connectivity index is 1.33. The molecule has 8 nitrogen and oxygen atoms in total. The van der Waals surface area contributed by atoms with Gasteiger partial charge in [0.05, 0.1) is 17.6 Å². The number of ether oxygens (including phenoxy) is 1. The van der Waals surface area contributed by atoms with Crippen LogP contribution in [0.2, 0.25) is 0 Å². The van der Waals surface area contributed by atoms with Gasteiger partial charge in [0.15, 0.2) is 0 Å². The number of anilines is 1. The molecule has 1 unspecified atom stereocenters. The van der Waals surface area contributed by atoms with E-state index in [-0.39, 0.29) is 6.04 Å². The molecule has 208 valence electrons. The summed E-state index contributed by atoms with van der Waals surface area (Å²) in [4.78, 5) is 21.5. The van der Waals surface area contributed by atoms with E-state index < -0.39 is 20.7 Å². The predicted octanol–water partition coefficient (Wildman–Crippen LogP) is 4.89. The smallest absolute Gasteiger partial charge is 0.264 e. The fraction of sp³-hybridized carbons (Fsp3) is 0.400.